The molecule has 208 valence electrons. The third-order valence-corrected chi connectivity index (χ3v) is 10.7. The molecule has 6 heteroatoms. The summed E-state index contributed by atoms with van der Waals surface area (Å²) in [5.74, 6) is 0.735. The van der Waals surface area contributed by atoms with Crippen LogP contribution in [0.25, 0.3) is 0 Å². The van der Waals surface area contributed by atoms with Crippen molar-refractivity contribution in [3.63, 3.8) is 0 Å². The predicted molar refractivity (Wildman–Crippen MR) is 152 cm³/mol. The molecular weight excluding hydrogens is 488 g/mol. The van der Waals surface area contributed by atoms with Crippen molar-refractivity contribution in [1.29, 1.82) is 0 Å². The second-order valence-electron chi connectivity index (χ2n) is 12.4. The predicted octanol–water partition coefficient (Wildman–Crippen LogP) is 4.45. The molecule has 2 aromatic carbocycles. The highest BCUT2D eigenvalue weighted by atomic mass is 16.5. The second kappa shape index (κ2) is 9.38. The van der Waals surface area contributed by atoms with Crippen LogP contribution in [0.4, 0.5) is 0 Å². The van der Waals surface area contributed by atoms with Gasteiger partial charge in [0, 0.05) is 31.6 Å². The molecule has 4 aliphatic rings. The Balaban J connectivity index is 1.37. The van der Waals surface area contributed by atoms with Gasteiger partial charge in [-0.3, -0.25) is 9.69 Å². The average molecular weight is 531 g/mol. The molecule has 39 heavy (non-hydrogen) atoms. The first-order chi connectivity index (χ1) is 18.7. The lowest BCUT2D eigenvalue weighted by molar-refractivity contribution is -0.227. The Hall–Kier alpha value is -2.83. The highest BCUT2D eigenvalue weighted by Gasteiger charge is 2.75. The van der Waals surface area contributed by atoms with Crippen LogP contribution in [-0.4, -0.2) is 69.8 Å². The molecule has 6 atom stereocenters. The summed E-state index contributed by atoms with van der Waals surface area (Å²) in [6.45, 7) is 11.9. The fourth-order valence-electron chi connectivity index (χ4n) is 8.63. The van der Waals surface area contributed by atoms with Crippen LogP contribution in [0.3, 0.4) is 0 Å². The Labute approximate surface area is 232 Å². The summed E-state index contributed by atoms with van der Waals surface area (Å²) in [4.78, 5) is 18.0. The van der Waals surface area contributed by atoms with E-state index in [2.05, 4.69) is 50.4 Å². The minimum atomic E-state index is -1.01. The number of nitrogens with zero attached hydrogens (tertiary/aromatic N) is 2. The molecule has 2 fully saturated rings. The van der Waals surface area contributed by atoms with Gasteiger partial charge in [-0.15, -0.1) is 6.58 Å². The van der Waals surface area contributed by atoms with E-state index in [1.54, 1.807) is 6.07 Å². The Morgan fingerprint density at radius 2 is 2.05 bits per heavy atom. The number of rotatable bonds is 7. The molecule has 6 nitrogen and oxygen atoms in total. The SMILES string of the molecule is C=CCN1CC[C@]23c4c5ccc(O)c4OC2C(N(C)C(=O)CCc2ccc(C)c(C)c2)CC(CC)[C@@]3(O)[C@H]1C5. The number of hydrogen-bond donors (Lipinski definition) is 2. The lowest BCUT2D eigenvalue weighted by atomic mass is 9.45. The Morgan fingerprint density at radius 1 is 1.26 bits per heavy atom. The molecule has 1 saturated carbocycles. The number of phenols is 1. The number of likely N-dealkylation sites (N-methyl/N-ethyl adjacent to an activating group) is 1. The van der Waals surface area contributed by atoms with Crippen LogP contribution in [0, 0.1) is 19.8 Å². The fourth-order valence-corrected chi connectivity index (χ4v) is 8.63. The molecule has 2 aliphatic carbocycles. The van der Waals surface area contributed by atoms with Gasteiger partial charge in [0.25, 0.3) is 0 Å². The summed E-state index contributed by atoms with van der Waals surface area (Å²) in [6.07, 6.45) is 5.57. The molecule has 0 radical (unpaired) electrons. The molecule has 1 amide bonds. The third kappa shape index (κ3) is 3.57. The minimum Gasteiger partial charge on any atom is -0.504 e. The van der Waals surface area contributed by atoms with Gasteiger partial charge in [0.15, 0.2) is 11.5 Å². The Morgan fingerprint density at radius 3 is 2.77 bits per heavy atom. The van der Waals surface area contributed by atoms with E-state index < -0.39 is 17.1 Å². The average Bonchev–Trinajstić information content (AvgIpc) is 3.27. The van der Waals surface area contributed by atoms with Crippen molar-refractivity contribution in [3.8, 4) is 11.5 Å². The lowest BCUT2D eigenvalue weighted by Gasteiger charge is -2.67. The van der Waals surface area contributed by atoms with E-state index in [4.69, 9.17) is 4.74 Å². The van der Waals surface area contributed by atoms with Crippen molar-refractivity contribution >= 4 is 5.91 Å². The smallest absolute Gasteiger partial charge is 0.223 e. The molecule has 1 spiro atoms. The zero-order valence-corrected chi connectivity index (χ0v) is 23.7. The topological polar surface area (TPSA) is 73.2 Å². The number of amides is 1. The van der Waals surface area contributed by atoms with Crippen molar-refractivity contribution in [3.05, 3.63) is 70.8 Å². The van der Waals surface area contributed by atoms with Crippen molar-refractivity contribution in [2.45, 2.75) is 88.5 Å². The number of aliphatic hydroxyl groups is 1. The maximum Gasteiger partial charge on any atom is 0.223 e. The molecule has 2 N–H and O–H groups in total. The van der Waals surface area contributed by atoms with Gasteiger partial charge in [0.2, 0.25) is 5.91 Å². The number of likely N-dealkylation sites (tertiary alicyclic amines) is 1. The number of carbonyl (C=O) groups excluding carboxylic acids is 1. The van der Waals surface area contributed by atoms with Crippen LogP contribution in [0.5, 0.6) is 11.5 Å². The zero-order valence-electron chi connectivity index (χ0n) is 23.7. The molecule has 2 bridgehead atoms. The summed E-state index contributed by atoms with van der Waals surface area (Å²) < 4.78 is 6.70. The maximum atomic E-state index is 13.7. The molecule has 6 rings (SSSR count). The molecule has 1 saturated heterocycles. The van der Waals surface area contributed by atoms with E-state index in [1.165, 1.54) is 16.7 Å². The summed E-state index contributed by atoms with van der Waals surface area (Å²) in [5, 5.41) is 23.9. The number of carbonyl (C=O) groups is 1. The van der Waals surface area contributed by atoms with Crippen molar-refractivity contribution in [1.82, 2.24) is 9.80 Å². The van der Waals surface area contributed by atoms with E-state index in [1.807, 2.05) is 24.1 Å². The number of aromatic hydroxyl groups is 1. The molecule has 2 heterocycles. The summed E-state index contributed by atoms with van der Waals surface area (Å²) >= 11 is 0. The molecule has 3 unspecified atom stereocenters. The first kappa shape index (κ1) is 26.4. The first-order valence-electron chi connectivity index (χ1n) is 14.6. The summed E-state index contributed by atoms with van der Waals surface area (Å²) in [6, 6.07) is 9.90. The van der Waals surface area contributed by atoms with Crippen molar-refractivity contribution in [2.24, 2.45) is 5.92 Å². The van der Waals surface area contributed by atoms with Crippen LogP contribution in [0.1, 0.15) is 60.4 Å². The van der Waals surface area contributed by atoms with Crippen LogP contribution in [0.15, 0.2) is 43.0 Å². The Kier molecular flexibility index (Phi) is 6.35. The van der Waals surface area contributed by atoms with Gasteiger partial charge in [-0.25, -0.2) is 0 Å². The van der Waals surface area contributed by atoms with Crippen LogP contribution >= 0.6 is 0 Å². The minimum absolute atomic E-state index is 0.00332. The molecular formula is C33H42N2O4. The number of piperidine rings is 1. The number of hydrogen-bond acceptors (Lipinski definition) is 5. The van der Waals surface area contributed by atoms with Gasteiger partial charge in [0.1, 0.15) is 6.10 Å². The maximum absolute atomic E-state index is 13.7. The summed E-state index contributed by atoms with van der Waals surface area (Å²) in [5.41, 5.74) is 4.13. The van der Waals surface area contributed by atoms with Gasteiger partial charge in [-0.1, -0.05) is 43.7 Å². The Bertz CT molecular complexity index is 1320. The van der Waals surface area contributed by atoms with Crippen LogP contribution in [0.2, 0.25) is 0 Å². The van der Waals surface area contributed by atoms with Crippen LogP contribution < -0.4 is 4.74 Å². The summed E-state index contributed by atoms with van der Waals surface area (Å²) in [7, 11) is 1.90. The largest absolute Gasteiger partial charge is 0.504 e. The van der Waals surface area contributed by atoms with E-state index in [0.29, 0.717) is 25.0 Å². The van der Waals surface area contributed by atoms with Gasteiger partial charge >= 0.3 is 0 Å². The van der Waals surface area contributed by atoms with E-state index in [0.717, 1.165) is 43.5 Å². The first-order valence-corrected chi connectivity index (χ1v) is 14.6. The van der Waals surface area contributed by atoms with E-state index in [-0.39, 0.29) is 29.7 Å². The van der Waals surface area contributed by atoms with Crippen molar-refractivity contribution < 1.29 is 19.7 Å². The molecule has 0 aromatic heterocycles. The van der Waals surface area contributed by atoms with E-state index >= 15 is 0 Å². The quantitative estimate of drug-likeness (QED) is 0.518. The lowest BCUT2D eigenvalue weighted by Crippen LogP contribution is -2.80. The highest BCUT2D eigenvalue weighted by Crippen LogP contribution is 2.67. The van der Waals surface area contributed by atoms with Gasteiger partial charge in [-0.05, 0) is 80.3 Å². The zero-order chi connectivity index (χ0) is 27.7. The number of benzene rings is 2. The van der Waals surface area contributed by atoms with E-state index in [9.17, 15) is 15.0 Å². The van der Waals surface area contributed by atoms with Gasteiger partial charge in [0.05, 0.1) is 17.1 Å². The highest BCUT2D eigenvalue weighted by molar-refractivity contribution is 5.77. The molecule has 2 aromatic rings. The standard InChI is InChI=1S/C33H42N2O4/c1-6-15-35-16-14-32-29-23-11-12-26(36)30(29)39-31(32)25(19-24(7-2)33(32,38)27(35)18-23)34(5)28(37)13-10-22-9-8-20(3)21(4)17-22/h6,8-9,11-12,17,24-25,27,31,36,38H,1,7,10,13-16,18-19H2,2-5H3/t24?,25?,27-,31?,32+,33-/m1/s1. The molecule has 2 aliphatic heterocycles. The monoisotopic (exact) mass is 530 g/mol. The third-order valence-electron chi connectivity index (χ3n) is 10.7. The van der Waals surface area contributed by atoms with Crippen molar-refractivity contribution in [2.75, 3.05) is 20.1 Å². The normalized spacial score (nSPS) is 32.3. The number of ether oxygens (including phenoxy) is 1. The van der Waals surface area contributed by atoms with Gasteiger partial charge in [-0.2, -0.15) is 0 Å². The van der Waals surface area contributed by atoms with Crippen LogP contribution in [-0.2, 0) is 23.1 Å². The number of phenolic OH excluding ortho intramolecular Hbond substituents is 1. The fraction of sp³-hybridized carbons (Fsp3) is 0.545. The number of aryl methyl sites for hydroxylation is 3. The second-order valence-corrected chi connectivity index (χ2v) is 12.4. The van der Waals surface area contributed by atoms with Gasteiger partial charge < -0.3 is 19.8 Å².